The van der Waals surface area contributed by atoms with E-state index in [0.717, 1.165) is 12.2 Å². The van der Waals surface area contributed by atoms with E-state index < -0.39 is 19.8 Å². The van der Waals surface area contributed by atoms with E-state index in [4.69, 9.17) is 4.74 Å². The van der Waals surface area contributed by atoms with Gasteiger partial charge in [-0.3, -0.25) is 0 Å². The van der Waals surface area contributed by atoms with E-state index in [-0.39, 0.29) is 0 Å². The number of nitrogens with zero attached hydrogens (tertiary/aromatic N) is 2. The number of benzene rings is 1. The monoisotopic (exact) mass is 445 g/mol. The van der Waals surface area contributed by atoms with Crippen LogP contribution in [-0.2, 0) is 0 Å². The third-order valence-corrected chi connectivity index (χ3v) is 9.49. The molecule has 0 N–H and O–H groups in total. The first-order chi connectivity index (χ1) is 11.3. The van der Waals surface area contributed by atoms with Crippen molar-refractivity contribution in [2.24, 2.45) is 0 Å². The Labute approximate surface area is 154 Å². The molecule has 24 heavy (non-hydrogen) atoms. The normalized spacial score (nSPS) is 15.2. The van der Waals surface area contributed by atoms with E-state index in [1.807, 2.05) is 0 Å². The summed E-state index contributed by atoms with van der Waals surface area (Å²) in [5, 5.41) is 0. The van der Waals surface area contributed by atoms with Crippen molar-refractivity contribution in [1.82, 2.24) is 4.57 Å². The molecule has 3 nitrogen and oxygen atoms in total. The summed E-state index contributed by atoms with van der Waals surface area (Å²) in [7, 11) is 0. The van der Waals surface area contributed by atoms with Crippen LogP contribution in [0.1, 0.15) is 60.0 Å². The predicted octanol–water partition coefficient (Wildman–Crippen LogP) is 5.40. The fraction of sp³-hybridized carbons (Fsp3) is 0.650. The van der Waals surface area contributed by atoms with Gasteiger partial charge in [0.25, 0.3) is 0 Å². The summed E-state index contributed by atoms with van der Waals surface area (Å²) in [6, 6.07) is 7.48. The van der Waals surface area contributed by atoms with Gasteiger partial charge < -0.3 is 0 Å². The van der Waals surface area contributed by atoms with Crippen molar-refractivity contribution < 1.29 is 9.30 Å². The molecule has 0 fully saturated rings. The molecular formula is C20H34IN2O+. The zero-order chi connectivity index (χ0) is 18.0. The Balaban J connectivity index is 2.41. The van der Waals surface area contributed by atoms with E-state index >= 15 is 0 Å². The molecule has 0 amide bonds. The molecule has 136 valence electrons. The van der Waals surface area contributed by atoms with E-state index in [1.54, 1.807) is 0 Å². The van der Waals surface area contributed by atoms with Crippen LogP contribution in [0.15, 0.2) is 24.5 Å². The first-order valence-electron chi connectivity index (χ1n) is 8.97. The van der Waals surface area contributed by atoms with E-state index in [2.05, 4.69) is 85.1 Å². The van der Waals surface area contributed by atoms with Crippen LogP contribution in [0, 0.1) is 0 Å². The van der Waals surface area contributed by atoms with Crippen molar-refractivity contribution in [3.8, 4) is 5.75 Å². The number of fused-ring (bicyclic) bond motifs is 1. The number of halogens is 1. The van der Waals surface area contributed by atoms with Crippen LogP contribution in [0.25, 0.3) is 11.0 Å². The topological polar surface area (TPSA) is 18.0 Å². The molecule has 2 unspecified atom stereocenters. The van der Waals surface area contributed by atoms with Crippen LogP contribution < -0.4 is 9.30 Å². The summed E-state index contributed by atoms with van der Waals surface area (Å²) in [5.74, 6) is 1.01. The summed E-state index contributed by atoms with van der Waals surface area (Å²) in [6.45, 7) is 13.5. The Morgan fingerprint density at radius 1 is 1.12 bits per heavy atom. The number of alkyl halides is 3. The second-order valence-corrected chi connectivity index (χ2v) is 13.9. The Bertz CT molecular complexity index is 676. The summed E-state index contributed by atoms with van der Waals surface area (Å²) < 4.78 is 11.8. The number of imidazole rings is 1. The molecule has 1 aromatic heterocycles. The van der Waals surface area contributed by atoms with Crippen LogP contribution in [0.4, 0.5) is 0 Å². The van der Waals surface area contributed by atoms with E-state index in [0.29, 0.717) is 22.1 Å². The second-order valence-electron chi connectivity index (χ2n) is 7.32. The number of aromatic nitrogens is 2. The van der Waals surface area contributed by atoms with Gasteiger partial charge in [-0.1, -0.05) is 0 Å². The van der Waals surface area contributed by atoms with Crippen molar-refractivity contribution in [1.29, 1.82) is 0 Å². The standard InChI is InChI=1S/C20H34IN2O/c1-9-20(16(6)21(7)8)24-17-10-11-18-19(12-17)23(15(4)5)13-22(18)14(2)3/h10-16,20H,9H2,1-8H3/q+1. The molecule has 0 spiro atoms. The molecule has 0 aliphatic heterocycles. The molecule has 0 aliphatic rings. The van der Waals surface area contributed by atoms with Crippen LogP contribution in [0.5, 0.6) is 5.75 Å². The third kappa shape index (κ3) is 4.06. The minimum atomic E-state index is -0.871. The fourth-order valence-electron chi connectivity index (χ4n) is 3.04. The molecule has 0 radical (unpaired) electrons. The van der Waals surface area contributed by atoms with Gasteiger partial charge >= 0.3 is 155 Å². The first kappa shape index (κ1) is 19.5. The maximum absolute atomic E-state index is 6.42. The van der Waals surface area contributed by atoms with Gasteiger partial charge in [-0.15, -0.1) is 0 Å². The fourth-order valence-corrected chi connectivity index (χ4v) is 5.30. The Hall–Kier alpha value is -0.780. The minimum absolute atomic E-state index is 0.335. The summed E-state index contributed by atoms with van der Waals surface area (Å²) >= 11 is -0.871. The van der Waals surface area contributed by atoms with Crippen molar-refractivity contribution in [3.63, 3.8) is 0 Å². The number of ether oxygens (including phenoxy) is 1. The van der Waals surface area contributed by atoms with Crippen molar-refractivity contribution in [2.75, 3.05) is 9.86 Å². The molecule has 2 atom stereocenters. The number of hydrogen-bond donors (Lipinski definition) is 0. The second kappa shape index (κ2) is 8.07. The van der Waals surface area contributed by atoms with E-state index in [9.17, 15) is 0 Å². The SMILES string of the molecule is CCC(Oc1ccc2c(c1)n(C(C)C)c[n+]2C(C)C)C(C)I(C)C. The molecule has 4 heteroatoms. The van der Waals surface area contributed by atoms with Gasteiger partial charge in [0, 0.05) is 0 Å². The number of hydrogen-bond acceptors (Lipinski definition) is 1. The predicted molar refractivity (Wildman–Crippen MR) is 113 cm³/mol. The molecule has 1 heterocycles. The van der Waals surface area contributed by atoms with Crippen LogP contribution in [-0.4, -0.2) is 24.5 Å². The van der Waals surface area contributed by atoms with Gasteiger partial charge in [-0.05, 0) is 0 Å². The Morgan fingerprint density at radius 2 is 1.79 bits per heavy atom. The van der Waals surface area contributed by atoms with Crippen LogP contribution in [0.3, 0.4) is 0 Å². The average Bonchev–Trinajstić information content (AvgIpc) is 2.91. The third-order valence-electron chi connectivity index (χ3n) is 4.76. The Kier molecular flexibility index (Phi) is 6.57. The molecule has 0 saturated heterocycles. The molecule has 0 aliphatic carbocycles. The summed E-state index contributed by atoms with van der Waals surface area (Å²) in [4.78, 5) is 4.86. The molecule has 2 rings (SSSR count). The molecule has 1 aromatic carbocycles. The molecule has 2 aromatic rings. The van der Waals surface area contributed by atoms with Crippen molar-refractivity contribution in [3.05, 3.63) is 24.5 Å². The summed E-state index contributed by atoms with van der Waals surface area (Å²) in [6.07, 6.45) is 3.65. The average molecular weight is 445 g/mol. The molecule has 0 bridgehead atoms. The van der Waals surface area contributed by atoms with E-state index in [1.165, 1.54) is 11.0 Å². The van der Waals surface area contributed by atoms with Crippen molar-refractivity contribution in [2.45, 2.75) is 70.1 Å². The quantitative estimate of drug-likeness (QED) is 0.317. The van der Waals surface area contributed by atoms with Crippen LogP contribution in [0.2, 0.25) is 0 Å². The Morgan fingerprint density at radius 3 is 2.29 bits per heavy atom. The van der Waals surface area contributed by atoms with Gasteiger partial charge in [0.1, 0.15) is 0 Å². The summed E-state index contributed by atoms with van der Waals surface area (Å²) in [5.41, 5.74) is 2.55. The number of rotatable bonds is 7. The zero-order valence-corrected chi connectivity index (χ0v) is 18.7. The molecular weight excluding hydrogens is 411 g/mol. The maximum atomic E-state index is 6.42. The van der Waals surface area contributed by atoms with Gasteiger partial charge in [-0.25, -0.2) is 0 Å². The van der Waals surface area contributed by atoms with Gasteiger partial charge in [0.05, 0.1) is 0 Å². The zero-order valence-electron chi connectivity index (χ0n) is 16.5. The van der Waals surface area contributed by atoms with Crippen LogP contribution >= 0.6 is 19.8 Å². The van der Waals surface area contributed by atoms with Gasteiger partial charge in [-0.2, -0.15) is 0 Å². The van der Waals surface area contributed by atoms with Crippen molar-refractivity contribution >= 4 is 30.9 Å². The van der Waals surface area contributed by atoms with Gasteiger partial charge in [0.2, 0.25) is 0 Å². The molecule has 0 saturated carbocycles. The van der Waals surface area contributed by atoms with Gasteiger partial charge in [0.15, 0.2) is 0 Å². The first-order valence-corrected chi connectivity index (χ1v) is 14.5.